The predicted octanol–water partition coefficient (Wildman–Crippen LogP) is 0.967. The SMILES string of the molecule is O=C1OCCN1Nc1ccc([N+](=O)[O-])o1. The van der Waals surface area contributed by atoms with Crippen LogP contribution in [-0.4, -0.2) is 29.2 Å². The summed E-state index contributed by atoms with van der Waals surface area (Å²) in [5, 5.41) is 11.5. The van der Waals surface area contributed by atoms with E-state index in [0.717, 1.165) is 0 Å². The monoisotopic (exact) mass is 213 g/mol. The molecule has 0 atom stereocenters. The van der Waals surface area contributed by atoms with Gasteiger partial charge in [0.1, 0.15) is 11.5 Å². The minimum Gasteiger partial charge on any atom is -0.446 e. The molecule has 1 aliphatic heterocycles. The van der Waals surface area contributed by atoms with Crippen molar-refractivity contribution in [3.63, 3.8) is 0 Å². The van der Waals surface area contributed by atoms with Crippen LogP contribution in [0.2, 0.25) is 0 Å². The van der Waals surface area contributed by atoms with E-state index in [0.29, 0.717) is 6.54 Å². The zero-order valence-electron chi connectivity index (χ0n) is 7.50. The standard InChI is InChI=1S/C7H7N3O5/c11-7-9(3-4-14-7)8-5-1-2-6(15-5)10(12)13/h1-2,8H,3-4H2. The van der Waals surface area contributed by atoms with E-state index in [2.05, 4.69) is 10.2 Å². The predicted molar refractivity (Wildman–Crippen MR) is 47.0 cm³/mol. The Morgan fingerprint density at radius 1 is 1.53 bits per heavy atom. The van der Waals surface area contributed by atoms with Gasteiger partial charge in [-0.2, -0.15) is 0 Å². The van der Waals surface area contributed by atoms with E-state index in [-0.39, 0.29) is 18.4 Å². The van der Waals surface area contributed by atoms with Crippen LogP contribution in [0.15, 0.2) is 16.5 Å². The number of hydrazine groups is 1. The number of hydrogen-bond acceptors (Lipinski definition) is 6. The molecule has 0 radical (unpaired) electrons. The van der Waals surface area contributed by atoms with Crippen LogP contribution in [-0.2, 0) is 4.74 Å². The van der Waals surface area contributed by atoms with E-state index < -0.39 is 11.0 Å². The van der Waals surface area contributed by atoms with Crippen molar-refractivity contribution in [3.8, 4) is 0 Å². The topological polar surface area (TPSA) is 97.8 Å². The lowest BCUT2D eigenvalue weighted by Gasteiger charge is -2.11. The Morgan fingerprint density at radius 3 is 2.87 bits per heavy atom. The molecule has 0 bridgehead atoms. The molecule has 0 saturated carbocycles. The molecule has 8 heteroatoms. The minimum absolute atomic E-state index is 0.126. The normalized spacial score (nSPS) is 15.2. The molecule has 2 heterocycles. The molecule has 1 aliphatic rings. The van der Waals surface area contributed by atoms with Crippen LogP contribution in [0.25, 0.3) is 0 Å². The molecule has 1 amide bonds. The highest BCUT2D eigenvalue weighted by molar-refractivity contribution is 5.70. The third-order valence-corrected chi connectivity index (χ3v) is 1.78. The number of hydrogen-bond donors (Lipinski definition) is 1. The van der Waals surface area contributed by atoms with Crippen molar-refractivity contribution in [1.29, 1.82) is 0 Å². The lowest BCUT2D eigenvalue weighted by molar-refractivity contribution is -0.401. The second-order valence-corrected chi connectivity index (χ2v) is 2.77. The fraction of sp³-hybridized carbons (Fsp3) is 0.286. The lowest BCUT2D eigenvalue weighted by Crippen LogP contribution is -2.30. The molecule has 1 saturated heterocycles. The Kier molecular flexibility index (Phi) is 2.16. The molecule has 15 heavy (non-hydrogen) atoms. The number of nitrogens with zero attached hydrogens (tertiary/aromatic N) is 2. The molecule has 1 N–H and O–H groups in total. The second kappa shape index (κ2) is 3.48. The van der Waals surface area contributed by atoms with Crippen molar-refractivity contribution in [2.24, 2.45) is 0 Å². The van der Waals surface area contributed by atoms with E-state index >= 15 is 0 Å². The molecule has 1 aromatic heterocycles. The lowest BCUT2D eigenvalue weighted by atomic mass is 10.6. The Balaban J connectivity index is 2.04. The number of rotatable bonds is 3. The molecule has 0 aliphatic carbocycles. The number of anilines is 1. The van der Waals surface area contributed by atoms with Gasteiger partial charge in [0, 0.05) is 6.07 Å². The first-order chi connectivity index (χ1) is 7.16. The van der Waals surface area contributed by atoms with Crippen LogP contribution in [0.4, 0.5) is 16.6 Å². The molecule has 0 spiro atoms. The van der Waals surface area contributed by atoms with E-state index in [9.17, 15) is 14.9 Å². The summed E-state index contributed by atoms with van der Waals surface area (Å²) in [6, 6.07) is 2.56. The summed E-state index contributed by atoms with van der Waals surface area (Å²) in [6.45, 7) is 0.655. The molecule has 0 unspecified atom stereocenters. The van der Waals surface area contributed by atoms with Crippen molar-refractivity contribution in [3.05, 3.63) is 22.2 Å². The average molecular weight is 213 g/mol. The number of ether oxygens (including phenoxy) is 1. The van der Waals surface area contributed by atoms with E-state index in [1.165, 1.54) is 17.1 Å². The number of furan rings is 1. The number of amides is 1. The van der Waals surface area contributed by atoms with Crippen LogP contribution in [0.3, 0.4) is 0 Å². The molecule has 0 aromatic carbocycles. The smallest absolute Gasteiger partial charge is 0.434 e. The van der Waals surface area contributed by atoms with Gasteiger partial charge >= 0.3 is 12.0 Å². The highest BCUT2D eigenvalue weighted by atomic mass is 16.6. The molecule has 1 aromatic rings. The van der Waals surface area contributed by atoms with Crippen LogP contribution < -0.4 is 5.43 Å². The summed E-state index contributed by atoms with van der Waals surface area (Å²) in [5.74, 6) is -0.259. The maximum absolute atomic E-state index is 11.0. The summed E-state index contributed by atoms with van der Waals surface area (Å²) < 4.78 is 9.44. The summed E-state index contributed by atoms with van der Waals surface area (Å²) in [6.07, 6.45) is -0.533. The third kappa shape index (κ3) is 1.82. The minimum atomic E-state index is -0.659. The largest absolute Gasteiger partial charge is 0.446 e. The first-order valence-electron chi connectivity index (χ1n) is 4.12. The van der Waals surface area contributed by atoms with Gasteiger partial charge in [-0.15, -0.1) is 0 Å². The van der Waals surface area contributed by atoms with Crippen molar-refractivity contribution < 1.29 is 18.9 Å². The van der Waals surface area contributed by atoms with Crippen molar-refractivity contribution in [2.45, 2.75) is 0 Å². The quantitative estimate of drug-likeness (QED) is 0.593. The van der Waals surface area contributed by atoms with Gasteiger partial charge in [0.2, 0.25) is 5.88 Å². The van der Waals surface area contributed by atoms with Gasteiger partial charge in [-0.1, -0.05) is 0 Å². The molecule has 2 rings (SSSR count). The first kappa shape index (κ1) is 9.31. The Morgan fingerprint density at radius 2 is 2.33 bits per heavy atom. The maximum atomic E-state index is 11.0. The molecule has 8 nitrogen and oxygen atoms in total. The number of nitro groups is 1. The highest BCUT2D eigenvalue weighted by Crippen LogP contribution is 2.20. The van der Waals surface area contributed by atoms with Gasteiger partial charge in [0.05, 0.1) is 12.6 Å². The number of carbonyl (C=O) groups excluding carboxylic acids is 1. The first-order valence-corrected chi connectivity index (χ1v) is 4.12. The van der Waals surface area contributed by atoms with E-state index in [4.69, 9.17) is 4.42 Å². The molecular formula is C7H7N3O5. The zero-order valence-corrected chi connectivity index (χ0v) is 7.50. The van der Waals surface area contributed by atoms with Crippen molar-refractivity contribution in [1.82, 2.24) is 5.01 Å². The molecular weight excluding hydrogens is 206 g/mol. The van der Waals surface area contributed by atoms with Gasteiger partial charge in [-0.25, -0.2) is 9.80 Å². The van der Waals surface area contributed by atoms with Gasteiger partial charge in [-0.3, -0.25) is 15.5 Å². The summed E-state index contributed by atoms with van der Waals surface area (Å²) >= 11 is 0. The van der Waals surface area contributed by atoms with E-state index in [1.807, 2.05) is 0 Å². The number of nitrogens with one attached hydrogen (secondary N) is 1. The molecule has 80 valence electrons. The van der Waals surface area contributed by atoms with Crippen LogP contribution in [0.1, 0.15) is 0 Å². The van der Waals surface area contributed by atoms with Gasteiger partial charge < -0.3 is 9.15 Å². The Bertz CT molecular complexity index is 401. The maximum Gasteiger partial charge on any atom is 0.434 e. The summed E-state index contributed by atoms with van der Waals surface area (Å²) in [5.41, 5.74) is 2.55. The number of carbonyl (C=O) groups is 1. The fourth-order valence-electron chi connectivity index (χ4n) is 1.11. The van der Waals surface area contributed by atoms with Crippen LogP contribution >= 0.6 is 0 Å². The Labute approximate surface area is 83.5 Å². The van der Waals surface area contributed by atoms with Gasteiger partial charge in [-0.05, 0) is 0 Å². The fourth-order valence-corrected chi connectivity index (χ4v) is 1.11. The summed E-state index contributed by atoms with van der Waals surface area (Å²) in [4.78, 5) is 20.6. The summed E-state index contributed by atoms with van der Waals surface area (Å²) in [7, 11) is 0. The van der Waals surface area contributed by atoms with Crippen molar-refractivity contribution >= 4 is 17.9 Å². The van der Waals surface area contributed by atoms with Crippen LogP contribution in [0.5, 0.6) is 0 Å². The third-order valence-electron chi connectivity index (χ3n) is 1.78. The van der Waals surface area contributed by atoms with Crippen molar-refractivity contribution in [2.75, 3.05) is 18.6 Å². The van der Waals surface area contributed by atoms with E-state index in [1.54, 1.807) is 0 Å². The number of cyclic esters (lactones) is 1. The molecule has 1 fully saturated rings. The van der Waals surface area contributed by atoms with Gasteiger partial charge in [0.15, 0.2) is 0 Å². The zero-order chi connectivity index (χ0) is 10.8. The second-order valence-electron chi connectivity index (χ2n) is 2.77. The highest BCUT2D eigenvalue weighted by Gasteiger charge is 2.23. The van der Waals surface area contributed by atoms with Gasteiger partial charge in [0.25, 0.3) is 0 Å². The Hall–Kier alpha value is -2.25. The van der Waals surface area contributed by atoms with Crippen LogP contribution in [0, 0.1) is 10.1 Å². The average Bonchev–Trinajstić information content (AvgIpc) is 2.77.